The Morgan fingerprint density at radius 2 is 1.68 bits per heavy atom. The van der Waals surface area contributed by atoms with E-state index in [0.717, 1.165) is 30.0 Å². The summed E-state index contributed by atoms with van der Waals surface area (Å²) in [6.07, 6.45) is 2.96. The second-order valence-corrected chi connectivity index (χ2v) is 7.92. The molecule has 5 heteroatoms. The van der Waals surface area contributed by atoms with Gasteiger partial charge in [-0.15, -0.1) is 0 Å². The Balaban J connectivity index is 1.14. The smallest absolute Gasteiger partial charge is 0.222 e. The van der Waals surface area contributed by atoms with Gasteiger partial charge in [0.25, 0.3) is 0 Å². The maximum Gasteiger partial charge on any atom is 0.222 e. The van der Waals surface area contributed by atoms with E-state index in [1.807, 2.05) is 59.5 Å². The number of rotatable bonds is 8. The van der Waals surface area contributed by atoms with Crippen LogP contribution >= 0.6 is 0 Å². The lowest BCUT2D eigenvalue weighted by molar-refractivity contribution is -0.132. The molecule has 0 atom stereocenters. The maximum atomic E-state index is 12.5. The van der Waals surface area contributed by atoms with Crippen molar-refractivity contribution >= 4 is 11.8 Å². The Kier molecular flexibility index (Phi) is 6.82. The molecule has 160 valence electrons. The SMILES string of the molecule is O=C(CCc1ccc(-c2ccccc2)o1)NCCCC(=O)N1CCc2ccccc2C1. The lowest BCUT2D eigenvalue weighted by atomic mass is 9.99. The Hall–Kier alpha value is -3.34. The minimum Gasteiger partial charge on any atom is -0.461 e. The molecule has 0 spiro atoms. The van der Waals surface area contributed by atoms with E-state index in [2.05, 4.69) is 17.4 Å². The molecule has 1 aliphatic rings. The largest absolute Gasteiger partial charge is 0.461 e. The van der Waals surface area contributed by atoms with Crippen molar-refractivity contribution in [2.75, 3.05) is 13.1 Å². The number of hydrogen-bond acceptors (Lipinski definition) is 3. The van der Waals surface area contributed by atoms with Crippen LogP contribution in [-0.2, 0) is 29.0 Å². The van der Waals surface area contributed by atoms with E-state index in [1.165, 1.54) is 11.1 Å². The number of benzene rings is 2. The highest BCUT2D eigenvalue weighted by molar-refractivity contribution is 5.77. The van der Waals surface area contributed by atoms with Gasteiger partial charge in [-0.3, -0.25) is 9.59 Å². The molecule has 0 fully saturated rings. The minimum atomic E-state index is -0.0167. The number of carbonyl (C=O) groups excluding carboxylic acids is 2. The molecule has 4 rings (SSSR count). The van der Waals surface area contributed by atoms with Crippen LogP contribution < -0.4 is 5.32 Å². The highest BCUT2D eigenvalue weighted by Gasteiger charge is 2.19. The fraction of sp³-hybridized carbons (Fsp3) is 0.308. The molecule has 1 aliphatic heterocycles. The molecular weight excluding hydrogens is 388 g/mol. The quantitative estimate of drug-likeness (QED) is 0.555. The van der Waals surface area contributed by atoms with Gasteiger partial charge in [0.1, 0.15) is 11.5 Å². The van der Waals surface area contributed by atoms with Crippen LogP contribution in [0.2, 0.25) is 0 Å². The van der Waals surface area contributed by atoms with Crippen molar-refractivity contribution in [3.05, 3.63) is 83.6 Å². The van der Waals surface area contributed by atoms with Crippen molar-refractivity contribution < 1.29 is 14.0 Å². The first-order chi connectivity index (χ1) is 15.2. The molecule has 2 amide bonds. The summed E-state index contributed by atoms with van der Waals surface area (Å²) < 4.78 is 5.84. The second kappa shape index (κ2) is 10.1. The highest BCUT2D eigenvalue weighted by atomic mass is 16.3. The predicted molar refractivity (Wildman–Crippen MR) is 120 cm³/mol. The summed E-state index contributed by atoms with van der Waals surface area (Å²) >= 11 is 0. The summed E-state index contributed by atoms with van der Waals surface area (Å²) in [5.41, 5.74) is 3.61. The van der Waals surface area contributed by atoms with Crippen molar-refractivity contribution in [1.29, 1.82) is 0 Å². The molecule has 1 aromatic heterocycles. The molecule has 2 heterocycles. The molecule has 1 N–H and O–H groups in total. The molecule has 0 unspecified atom stereocenters. The molecule has 0 bridgehead atoms. The van der Waals surface area contributed by atoms with Crippen LogP contribution in [0.3, 0.4) is 0 Å². The van der Waals surface area contributed by atoms with E-state index in [1.54, 1.807) is 0 Å². The molecule has 2 aromatic carbocycles. The standard InChI is InChI=1S/C26H28N2O3/c29-25(15-13-23-12-14-24(31-23)21-8-2-1-3-9-21)27-17-6-11-26(30)28-18-16-20-7-4-5-10-22(20)19-28/h1-5,7-10,12,14H,6,11,13,15-19H2,(H,27,29). The van der Waals surface area contributed by atoms with E-state index in [-0.39, 0.29) is 11.8 Å². The van der Waals surface area contributed by atoms with E-state index in [9.17, 15) is 9.59 Å². The van der Waals surface area contributed by atoms with Crippen LogP contribution in [0.4, 0.5) is 0 Å². The number of nitrogens with zero attached hydrogens (tertiary/aromatic N) is 1. The summed E-state index contributed by atoms with van der Waals surface area (Å²) in [5.74, 6) is 1.76. The zero-order valence-electron chi connectivity index (χ0n) is 17.7. The molecule has 31 heavy (non-hydrogen) atoms. The van der Waals surface area contributed by atoms with Crippen molar-refractivity contribution in [1.82, 2.24) is 10.2 Å². The molecule has 3 aromatic rings. The lowest BCUT2D eigenvalue weighted by Gasteiger charge is -2.29. The van der Waals surface area contributed by atoms with Gasteiger partial charge in [0.15, 0.2) is 0 Å². The molecule has 0 saturated carbocycles. The van der Waals surface area contributed by atoms with Crippen LogP contribution in [0.25, 0.3) is 11.3 Å². The number of furan rings is 1. The third kappa shape index (κ3) is 5.63. The van der Waals surface area contributed by atoms with Crippen LogP contribution in [0.5, 0.6) is 0 Å². The summed E-state index contributed by atoms with van der Waals surface area (Å²) in [4.78, 5) is 26.5. The Bertz CT molecular complexity index is 1030. The van der Waals surface area contributed by atoms with Gasteiger partial charge in [-0.1, -0.05) is 54.6 Å². The van der Waals surface area contributed by atoms with Gasteiger partial charge in [0.05, 0.1) is 0 Å². The molecule has 5 nitrogen and oxygen atoms in total. The van der Waals surface area contributed by atoms with Crippen molar-refractivity contribution in [3.63, 3.8) is 0 Å². The first-order valence-electron chi connectivity index (χ1n) is 10.9. The fourth-order valence-corrected chi connectivity index (χ4v) is 3.93. The predicted octanol–water partition coefficient (Wildman–Crippen LogP) is 4.36. The zero-order chi connectivity index (χ0) is 21.5. The Morgan fingerprint density at radius 3 is 2.52 bits per heavy atom. The first-order valence-corrected chi connectivity index (χ1v) is 10.9. The van der Waals surface area contributed by atoms with Crippen molar-refractivity contribution in [3.8, 4) is 11.3 Å². The molecule has 0 radical (unpaired) electrons. The average molecular weight is 417 g/mol. The maximum absolute atomic E-state index is 12.5. The highest BCUT2D eigenvalue weighted by Crippen LogP contribution is 2.22. The van der Waals surface area contributed by atoms with Gasteiger partial charge < -0.3 is 14.6 Å². The number of nitrogens with one attached hydrogen (secondary N) is 1. The number of amides is 2. The van der Waals surface area contributed by atoms with Gasteiger partial charge in [-0.2, -0.15) is 0 Å². The second-order valence-electron chi connectivity index (χ2n) is 7.92. The monoisotopic (exact) mass is 416 g/mol. The average Bonchev–Trinajstić information content (AvgIpc) is 3.30. The van der Waals surface area contributed by atoms with Crippen LogP contribution in [0.15, 0.2) is 71.1 Å². The number of fused-ring (bicyclic) bond motifs is 1. The number of carbonyl (C=O) groups is 2. The molecular formula is C26H28N2O3. The Morgan fingerprint density at radius 1 is 0.903 bits per heavy atom. The van der Waals surface area contributed by atoms with Crippen molar-refractivity contribution in [2.24, 2.45) is 0 Å². The van der Waals surface area contributed by atoms with Gasteiger partial charge in [0, 0.05) is 44.5 Å². The third-order valence-corrected chi connectivity index (χ3v) is 5.69. The molecule has 0 saturated heterocycles. The van der Waals surface area contributed by atoms with Crippen LogP contribution in [0, 0.1) is 0 Å². The molecule has 0 aliphatic carbocycles. The van der Waals surface area contributed by atoms with Gasteiger partial charge in [0.2, 0.25) is 11.8 Å². The van der Waals surface area contributed by atoms with Gasteiger partial charge in [-0.05, 0) is 36.1 Å². The van der Waals surface area contributed by atoms with E-state index in [4.69, 9.17) is 4.42 Å². The summed E-state index contributed by atoms with van der Waals surface area (Å²) in [5, 5.41) is 2.91. The zero-order valence-corrected chi connectivity index (χ0v) is 17.7. The van der Waals surface area contributed by atoms with Crippen LogP contribution in [-0.4, -0.2) is 29.8 Å². The van der Waals surface area contributed by atoms with E-state index in [0.29, 0.717) is 38.8 Å². The summed E-state index contributed by atoms with van der Waals surface area (Å²) in [6, 6.07) is 22.1. The summed E-state index contributed by atoms with van der Waals surface area (Å²) in [7, 11) is 0. The topological polar surface area (TPSA) is 62.6 Å². The summed E-state index contributed by atoms with van der Waals surface area (Å²) in [6.45, 7) is 1.98. The van der Waals surface area contributed by atoms with E-state index < -0.39 is 0 Å². The first kappa shape index (κ1) is 20.9. The lowest BCUT2D eigenvalue weighted by Crippen LogP contribution is -2.36. The number of aryl methyl sites for hydroxylation is 1. The van der Waals surface area contributed by atoms with Crippen LogP contribution in [0.1, 0.15) is 36.1 Å². The van der Waals surface area contributed by atoms with Crippen molar-refractivity contribution in [2.45, 2.75) is 38.6 Å². The van der Waals surface area contributed by atoms with Gasteiger partial charge in [-0.25, -0.2) is 0 Å². The minimum absolute atomic E-state index is 0.0167. The normalized spacial score (nSPS) is 13.0. The third-order valence-electron chi connectivity index (χ3n) is 5.69. The fourth-order valence-electron chi connectivity index (χ4n) is 3.93. The Labute approximate surface area is 183 Å². The van der Waals surface area contributed by atoms with Gasteiger partial charge >= 0.3 is 0 Å². The number of hydrogen-bond donors (Lipinski definition) is 1. The van der Waals surface area contributed by atoms with E-state index >= 15 is 0 Å².